The van der Waals surface area contributed by atoms with Crippen LogP contribution in [0.15, 0.2) is 47.7 Å². The van der Waals surface area contributed by atoms with Crippen molar-refractivity contribution in [2.24, 2.45) is 0 Å². The Balaban J connectivity index is 2.18. The van der Waals surface area contributed by atoms with Gasteiger partial charge in [-0.25, -0.2) is 4.98 Å². The summed E-state index contributed by atoms with van der Waals surface area (Å²) in [6.45, 7) is -0.275. The monoisotopic (exact) mass is 442 g/mol. The van der Waals surface area contributed by atoms with E-state index in [2.05, 4.69) is 9.97 Å². The molecule has 0 saturated heterocycles. The number of alkyl halides is 6. The molecule has 0 atom stereocenters. The molecule has 6 nitrogen and oxygen atoms in total. The van der Waals surface area contributed by atoms with Gasteiger partial charge in [0.25, 0.3) is 5.56 Å². The van der Waals surface area contributed by atoms with Gasteiger partial charge < -0.3 is 4.74 Å². The van der Waals surface area contributed by atoms with Crippen LogP contribution >= 0.6 is 0 Å². The maximum atomic E-state index is 13.5. The molecule has 0 bridgehead atoms. The van der Waals surface area contributed by atoms with Crippen LogP contribution < -0.4 is 10.3 Å². The molecule has 3 heterocycles. The summed E-state index contributed by atoms with van der Waals surface area (Å²) in [4.78, 5) is 21.1. The molecular weight excluding hydrogens is 430 g/mol. The summed E-state index contributed by atoms with van der Waals surface area (Å²) in [5.74, 6) is -0.694. The van der Waals surface area contributed by atoms with Crippen LogP contribution in [-0.4, -0.2) is 31.7 Å². The zero-order valence-corrected chi connectivity index (χ0v) is 15.6. The van der Waals surface area contributed by atoms with Crippen molar-refractivity contribution in [1.82, 2.24) is 18.9 Å². The lowest BCUT2D eigenvalue weighted by Gasteiger charge is -2.19. The molecule has 0 aliphatic rings. The molecule has 12 heteroatoms. The van der Waals surface area contributed by atoms with E-state index in [9.17, 15) is 31.1 Å². The largest absolute Gasteiger partial charge is 0.482 e. The smallest absolute Gasteiger partial charge is 0.422 e. The van der Waals surface area contributed by atoms with Crippen LogP contribution in [0.25, 0.3) is 22.4 Å². The minimum Gasteiger partial charge on any atom is -0.482 e. The maximum Gasteiger partial charge on any atom is 0.422 e. The first-order chi connectivity index (χ1) is 14.5. The molecule has 0 unspecified atom stereocenters. The van der Waals surface area contributed by atoms with Crippen molar-refractivity contribution < 1.29 is 31.1 Å². The van der Waals surface area contributed by atoms with Gasteiger partial charge in [-0.3, -0.25) is 18.7 Å². The molecule has 0 aliphatic heterocycles. The van der Waals surface area contributed by atoms with Gasteiger partial charge in [-0.15, -0.1) is 0 Å². The highest BCUT2D eigenvalue weighted by molar-refractivity contribution is 5.87. The number of aromatic nitrogens is 4. The van der Waals surface area contributed by atoms with E-state index in [-0.39, 0.29) is 22.4 Å². The normalized spacial score (nSPS) is 12.6. The molecule has 3 aromatic heterocycles. The van der Waals surface area contributed by atoms with Crippen LogP contribution in [0.2, 0.25) is 0 Å². The van der Waals surface area contributed by atoms with E-state index in [0.717, 1.165) is 8.97 Å². The topological polar surface area (TPSA) is 61.4 Å². The number of ether oxygens (including phenoxy) is 1. The van der Waals surface area contributed by atoms with E-state index in [1.54, 1.807) is 0 Å². The zero-order valence-electron chi connectivity index (χ0n) is 15.6. The number of nitrogens with zero attached hydrogens (tertiary/aromatic N) is 4. The Kier molecular flexibility index (Phi) is 4.67. The van der Waals surface area contributed by atoms with Gasteiger partial charge in [0.2, 0.25) is 5.65 Å². The van der Waals surface area contributed by atoms with Gasteiger partial charge in [0, 0.05) is 18.6 Å². The van der Waals surface area contributed by atoms with Crippen molar-refractivity contribution in [2.75, 3.05) is 6.61 Å². The lowest BCUT2D eigenvalue weighted by atomic mass is 10.1. The van der Waals surface area contributed by atoms with Crippen LogP contribution in [0.1, 0.15) is 11.3 Å². The number of pyridine rings is 1. The highest BCUT2D eigenvalue weighted by atomic mass is 19.4. The molecule has 0 radical (unpaired) electrons. The summed E-state index contributed by atoms with van der Waals surface area (Å²) in [6, 6.07) is 4.09. The van der Waals surface area contributed by atoms with E-state index in [1.165, 1.54) is 37.6 Å². The fourth-order valence-corrected chi connectivity index (χ4v) is 3.24. The van der Waals surface area contributed by atoms with Crippen LogP contribution in [0, 0.1) is 6.92 Å². The number of hydrogen-bond acceptors (Lipinski definition) is 4. The first-order valence-electron chi connectivity index (χ1n) is 8.72. The average Bonchev–Trinajstić information content (AvgIpc) is 3.16. The quantitative estimate of drug-likeness (QED) is 0.444. The third kappa shape index (κ3) is 3.68. The van der Waals surface area contributed by atoms with Crippen molar-refractivity contribution >= 4 is 16.7 Å². The molecule has 0 amide bonds. The second-order valence-corrected chi connectivity index (χ2v) is 6.61. The minimum absolute atomic E-state index is 0.157. The van der Waals surface area contributed by atoms with Crippen molar-refractivity contribution in [3.05, 3.63) is 64.5 Å². The first kappa shape index (κ1) is 20.7. The highest BCUT2D eigenvalue weighted by Crippen LogP contribution is 2.37. The van der Waals surface area contributed by atoms with E-state index in [4.69, 9.17) is 4.74 Å². The van der Waals surface area contributed by atoms with E-state index >= 15 is 0 Å². The van der Waals surface area contributed by atoms with E-state index < -0.39 is 35.8 Å². The summed E-state index contributed by atoms with van der Waals surface area (Å²) in [6.07, 6.45) is -5.80. The van der Waals surface area contributed by atoms with Gasteiger partial charge in [-0.05, 0) is 31.2 Å². The third-order valence-corrected chi connectivity index (χ3v) is 4.51. The summed E-state index contributed by atoms with van der Waals surface area (Å²) in [5.41, 5.74) is -2.25. The molecule has 162 valence electrons. The number of hydrogen-bond donors (Lipinski definition) is 0. The zero-order chi connectivity index (χ0) is 22.6. The molecule has 0 spiro atoms. The lowest BCUT2D eigenvalue weighted by molar-refractivity contribution is -0.153. The second kappa shape index (κ2) is 7.00. The summed E-state index contributed by atoms with van der Waals surface area (Å²) >= 11 is 0. The van der Waals surface area contributed by atoms with Gasteiger partial charge in [0.05, 0.1) is 22.5 Å². The Labute approximate surface area is 169 Å². The molecular formula is C19H12F6N4O2. The number of imidazole rings is 1. The third-order valence-electron chi connectivity index (χ3n) is 4.51. The van der Waals surface area contributed by atoms with Gasteiger partial charge in [0.1, 0.15) is 11.3 Å². The van der Waals surface area contributed by atoms with Gasteiger partial charge >= 0.3 is 12.4 Å². The molecule has 4 rings (SSSR count). The number of rotatable bonds is 3. The van der Waals surface area contributed by atoms with Crippen LogP contribution in [0.5, 0.6) is 5.75 Å². The standard InChI is InChI=1S/C19H12F6N4O2/c1-10-12(3-2-4-26-10)29-13-7-11(19(23,24)25)8-14(31-9-18(20,21)22)15(13)28-6-5-27-16(28)17(29)30/h2-8H,9H2,1H3. The van der Waals surface area contributed by atoms with Crippen molar-refractivity contribution in [1.29, 1.82) is 0 Å². The summed E-state index contributed by atoms with van der Waals surface area (Å²) in [5, 5.41) is 0. The fourth-order valence-electron chi connectivity index (χ4n) is 3.24. The van der Waals surface area contributed by atoms with Gasteiger partial charge in [0.15, 0.2) is 6.61 Å². The van der Waals surface area contributed by atoms with Crippen LogP contribution in [-0.2, 0) is 6.18 Å². The van der Waals surface area contributed by atoms with E-state index in [0.29, 0.717) is 17.8 Å². The maximum absolute atomic E-state index is 13.5. The predicted octanol–water partition coefficient (Wildman–Crippen LogP) is 4.30. The summed E-state index contributed by atoms with van der Waals surface area (Å²) < 4.78 is 85.7. The van der Waals surface area contributed by atoms with Crippen molar-refractivity contribution in [3.63, 3.8) is 0 Å². The fraction of sp³-hybridized carbons (Fsp3) is 0.211. The number of benzene rings is 1. The Morgan fingerprint density at radius 3 is 2.45 bits per heavy atom. The van der Waals surface area contributed by atoms with E-state index in [1.807, 2.05) is 0 Å². The molecule has 0 aliphatic carbocycles. The first-order valence-corrected chi connectivity index (χ1v) is 8.72. The average molecular weight is 442 g/mol. The molecule has 0 fully saturated rings. The Hall–Kier alpha value is -3.57. The molecule has 0 saturated carbocycles. The Morgan fingerprint density at radius 2 is 1.81 bits per heavy atom. The van der Waals surface area contributed by atoms with Gasteiger partial charge in [-0.2, -0.15) is 26.3 Å². The van der Waals surface area contributed by atoms with Crippen molar-refractivity contribution in [2.45, 2.75) is 19.3 Å². The predicted molar refractivity (Wildman–Crippen MR) is 97.4 cm³/mol. The molecule has 4 aromatic rings. The SMILES string of the molecule is Cc1ncccc1-n1c(=O)c2nccn2c2c(OCC(F)(F)F)cc(C(F)(F)F)cc21. The lowest BCUT2D eigenvalue weighted by Crippen LogP contribution is -2.24. The van der Waals surface area contributed by atoms with Crippen LogP contribution in [0.4, 0.5) is 26.3 Å². The van der Waals surface area contributed by atoms with Crippen LogP contribution in [0.3, 0.4) is 0 Å². The number of halogens is 6. The Morgan fingerprint density at radius 1 is 1.06 bits per heavy atom. The summed E-state index contributed by atoms with van der Waals surface area (Å²) in [7, 11) is 0. The molecule has 0 N–H and O–H groups in total. The molecule has 1 aromatic carbocycles. The van der Waals surface area contributed by atoms with Crippen molar-refractivity contribution in [3.8, 4) is 11.4 Å². The number of aryl methyl sites for hydroxylation is 1. The molecule has 31 heavy (non-hydrogen) atoms. The van der Waals surface area contributed by atoms with Gasteiger partial charge in [-0.1, -0.05) is 0 Å². The second-order valence-electron chi connectivity index (χ2n) is 6.61. The highest BCUT2D eigenvalue weighted by Gasteiger charge is 2.34. The number of fused-ring (bicyclic) bond motifs is 3. The Bertz CT molecular complexity index is 1350. The minimum atomic E-state index is -4.90.